The third kappa shape index (κ3) is 3.31. The van der Waals surface area contributed by atoms with Crippen LogP contribution in [0, 0.1) is 0 Å². The molecule has 0 saturated carbocycles. The van der Waals surface area contributed by atoms with E-state index in [0.717, 1.165) is 5.56 Å². The highest BCUT2D eigenvalue weighted by molar-refractivity contribution is 5.51. The summed E-state index contributed by atoms with van der Waals surface area (Å²) in [6, 6.07) is 6.84. The number of rotatable bonds is 3. The predicted molar refractivity (Wildman–Crippen MR) is 51.2 cm³/mol. The number of benzene rings is 1. The van der Waals surface area contributed by atoms with Crippen molar-refractivity contribution in [3.05, 3.63) is 46.3 Å². The van der Waals surface area contributed by atoms with Gasteiger partial charge < -0.3 is 5.11 Å². The van der Waals surface area contributed by atoms with Crippen molar-refractivity contribution in [2.45, 2.75) is 0 Å². The van der Waals surface area contributed by atoms with E-state index in [4.69, 9.17) is 10.6 Å². The summed E-state index contributed by atoms with van der Waals surface area (Å²) >= 11 is 0. The Morgan fingerprint density at radius 2 is 2.38 bits per heavy atom. The number of azide groups is 1. The van der Waals surface area contributed by atoms with Gasteiger partial charge in [0.2, 0.25) is 0 Å². The second-order valence-corrected chi connectivity index (χ2v) is 2.41. The van der Waals surface area contributed by atoms with Crippen molar-refractivity contribution in [2.24, 2.45) is 5.11 Å². The molecule has 0 saturated heterocycles. The smallest absolute Gasteiger partial charge is 0.116 e. The molecule has 0 amide bonds. The van der Waals surface area contributed by atoms with E-state index in [2.05, 4.69) is 10.0 Å². The van der Waals surface area contributed by atoms with Crippen LogP contribution < -0.4 is 0 Å². The van der Waals surface area contributed by atoms with Gasteiger partial charge in [-0.25, -0.2) is 0 Å². The van der Waals surface area contributed by atoms with E-state index in [1.807, 2.05) is 6.07 Å². The Hall–Kier alpha value is -1.93. The lowest BCUT2D eigenvalue weighted by Gasteiger charge is -1.93. The van der Waals surface area contributed by atoms with Gasteiger partial charge in [0.15, 0.2) is 0 Å². The Bertz CT molecular complexity index is 354. The van der Waals surface area contributed by atoms with Crippen LogP contribution in [-0.2, 0) is 0 Å². The molecule has 1 aromatic rings. The highest BCUT2D eigenvalue weighted by atomic mass is 16.3. The van der Waals surface area contributed by atoms with Gasteiger partial charge in [0.25, 0.3) is 0 Å². The molecule has 0 aliphatic rings. The summed E-state index contributed by atoms with van der Waals surface area (Å²) in [6.07, 6.45) is 3.52. The minimum Gasteiger partial charge on any atom is -0.508 e. The monoisotopic (exact) mass is 175 g/mol. The van der Waals surface area contributed by atoms with Gasteiger partial charge in [0, 0.05) is 11.5 Å². The molecular formula is C9H9N3O. The van der Waals surface area contributed by atoms with Crippen LogP contribution in [0.5, 0.6) is 5.75 Å². The van der Waals surface area contributed by atoms with Crippen LogP contribution in [0.2, 0.25) is 0 Å². The van der Waals surface area contributed by atoms with E-state index in [1.54, 1.807) is 30.4 Å². The topological polar surface area (TPSA) is 69.0 Å². The average molecular weight is 175 g/mol. The fourth-order valence-corrected chi connectivity index (χ4v) is 0.901. The molecule has 1 N–H and O–H groups in total. The Balaban J connectivity index is 2.63. The lowest BCUT2D eigenvalue weighted by atomic mass is 10.2. The zero-order valence-electron chi connectivity index (χ0n) is 6.96. The van der Waals surface area contributed by atoms with Gasteiger partial charge in [-0.05, 0) is 23.2 Å². The lowest BCUT2D eigenvalue weighted by Crippen LogP contribution is -1.72. The SMILES string of the molecule is [N-]=[N+]=NCC=Cc1cccc(O)c1. The standard InChI is InChI=1S/C9H9N3O/c10-12-11-6-2-4-8-3-1-5-9(13)7-8/h1-5,7,13H,6H2. The molecule has 0 heterocycles. The van der Waals surface area contributed by atoms with Crippen LogP contribution in [0.15, 0.2) is 35.5 Å². The number of hydrogen-bond donors (Lipinski definition) is 1. The van der Waals surface area contributed by atoms with Gasteiger partial charge in [0.1, 0.15) is 5.75 Å². The van der Waals surface area contributed by atoms with Crippen LogP contribution >= 0.6 is 0 Å². The normalized spacial score (nSPS) is 9.85. The van der Waals surface area contributed by atoms with Crippen LogP contribution in [0.4, 0.5) is 0 Å². The first-order chi connectivity index (χ1) is 6.33. The number of nitrogens with zero attached hydrogens (tertiary/aromatic N) is 3. The van der Waals surface area contributed by atoms with E-state index in [0.29, 0.717) is 6.54 Å². The molecule has 1 rings (SSSR count). The molecule has 1 aromatic carbocycles. The second kappa shape index (κ2) is 4.85. The van der Waals surface area contributed by atoms with Crippen molar-refractivity contribution in [3.8, 4) is 5.75 Å². The third-order valence-corrected chi connectivity index (χ3v) is 1.43. The highest BCUT2D eigenvalue weighted by Gasteiger charge is 1.87. The summed E-state index contributed by atoms with van der Waals surface area (Å²) in [5.41, 5.74) is 8.87. The molecule has 66 valence electrons. The largest absolute Gasteiger partial charge is 0.508 e. The molecule has 0 spiro atoms. The molecule has 4 heteroatoms. The Morgan fingerprint density at radius 1 is 1.54 bits per heavy atom. The Kier molecular flexibility index (Phi) is 3.42. The molecule has 0 atom stereocenters. The maximum atomic E-state index is 9.10. The Labute approximate surface area is 75.8 Å². The molecule has 0 fully saturated rings. The van der Waals surface area contributed by atoms with E-state index < -0.39 is 0 Å². The summed E-state index contributed by atoms with van der Waals surface area (Å²) in [7, 11) is 0. The van der Waals surface area contributed by atoms with Crippen LogP contribution in [0.3, 0.4) is 0 Å². The maximum Gasteiger partial charge on any atom is 0.116 e. The van der Waals surface area contributed by atoms with Gasteiger partial charge in [-0.2, -0.15) is 0 Å². The number of phenolic OH excluding ortho intramolecular Hbond substituents is 1. The minimum atomic E-state index is 0.228. The molecular weight excluding hydrogens is 166 g/mol. The molecule has 13 heavy (non-hydrogen) atoms. The van der Waals surface area contributed by atoms with E-state index in [1.165, 1.54) is 0 Å². The summed E-state index contributed by atoms with van der Waals surface area (Å²) < 4.78 is 0. The third-order valence-electron chi connectivity index (χ3n) is 1.43. The van der Waals surface area contributed by atoms with Crippen molar-refractivity contribution in [1.29, 1.82) is 0 Å². The van der Waals surface area contributed by atoms with Crippen LogP contribution in [-0.4, -0.2) is 11.7 Å². The van der Waals surface area contributed by atoms with Crippen molar-refractivity contribution in [3.63, 3.8) is 0 Å². The summed E-state index contributed by atoms with van der Waals surface area (Å²) in [4.78, 5) is 2.61. The van der Waals surface area contributed by atoms with Crippen molar-refractivity contribution in [1.82, 2.24) is 0 Å². The van der Waals surface area contributed by atoms with E-state index in [-0.39, 0.29) is 5.75 Å². The minimum absolute atomic E-state index is 0.228. The number of phenols is 1. The highest BCUT2D eigenvalue weighted by Crippen LogP contribution is 2.11. The van der Waals surface area contributed by atoms with Crippen molar-refractivity contribution >= 4 is 6.08 Å². The number of aromatic hydroxyl groups is 1. The lowest BCUT2D eigenvalue weighted by molar-refractivity contribution is 0.475. The van der Waals surface area contributed by atoms with Gasteiger partial charge >= 0.3 is 0 Å². The first kappa shape index (κ1) is 9.16. The maximum absolute atomic E-state index is 9.10. The quantitative estimate of drug-likeness (QED) is 0.428. The summed E-state index contributed by atoms with van der Waals surface area (Å²) in [5.74, 6) is 0.228. The molecule has 0 aromatic heterocycles. The van der Waals surface area contributed by atoms with E-state index >= 15 is 0 Å². The van der Waals surface area contributed by atoms with Gasteiger partial charge in [0.05, 0.1) is 0 Å². The van der Waals surface area contributed by atoms with Crippen LogP contribution in [0.25, 0.3) is 16.5 Å². The molecule has 0 bridgehead atoms. The summed E-state index contributed by atoms with van der Waals surface area (Å²) in [5, 5.41) is 12.4. The van der Waals surface area contributed by atoms with Gasteiger partial charge in [-0.3, -0.25) is 0 Å². The predicted octanol–water partition coefficient (Wildman–Crippen LogP) is 2.72. The van der Waals surface area contributed by atoms with Crippen LogP contribution in [0.1, 0.15) is 5.56 Å². The van der Waals surface area contributed by atoms with E-state index in [9.17, 15) is 0 Å². The second-order valence-electron chi connectivity index (χ2n) is 2.41. The zero-order chi connectivity index (χ0) is 9.52. The van der Waals surface area contributed by atoms with Crippen molar-refractivity contribution in [2.75, 3.05) is 6.54 Å². The molecule has 0 radical (unpaired) electrons. The summed E-state index contributed by atoms with van der Waals surface area (Å²) in [6.45, 7) is 0.326. The zero-order valence-corrected chi connectivity index (χ0v) is 6.96. The van der Waals surface area contributed by atoms with Gasteiger partial charge in [-0.15, -0.1) is 0 Å². The first-order valence-corrected chi connectivity index (χ1v) is 3.79. The fourth-order valence-electron chi connectivity index (χ4n) is 0.901. The average Bonchev–Trinajstić information content (AvgIpc) is 2.13. The fraction of sp³-hybridized carbons (Fsp3) is 0.111. The molecule has 0 aliphatic heterocycles. The molecule has 0 aliphatic carbocycles. The number of hydrogen-bond acceptors (Lipinski definition) is 2. The Morgan fingerprint density at radius 3 is 3.08 bits per heavy atom. The molecule has 0 unspecified atom stereocenters. The van der Waals surface area contributed by atoms with Crippen molar-refractivity contribution < 1.29 is 5.11 Å². The first-order valence-electron chi connectivity index (χ1n) is 3.79. The van der Waals surface area contributed by atoms with Gasteiger partial charge in [-0.1, -0.05) is 29.4 Å². The molecule has 4 nitrogen and oxygen atoms in total.